The number of carboxylic acids is 1. The summed E-state index contributed by atoms with van der Waals surface area (Å²) in [6.07, 6.45) is 0. The molecule has 2 N–H and O–H groups in total. The average Bonchev–Trinajstić information content (AvgIpc) is 2.81. The fourth-order valence-electron chi connectivity index (χ4n) is 2.00. The predicted octanol–water partition coefficient (Wildman–Crippen LogP) is 1.17. The summed E-state index contributed by atoms with van der Waals surface area (Å²) in [5.41, 5.74) is 0. The van der Waals surface area contributed by atoms with Crippen molar-refractivity contribution in [1.82, 2.24) is 10.2 Å². The SMILES string of the molecule is C[C@H](c1cccs1)N1CCN[C@@H](C(=O)O)C1. The number of thiophene rings is 1. The minimum absolute atomic E-state index is 0.309. The Balaban J connectivity index is 2.01. The number of rotatable bonds is 3. The van der Waals surface area contributed by atoms with Gasteiger partial charge < -0.3 is 10.4 Å². The van der Waals surface area contributed by atoms with Crippen molar-refractivity contribution in [3.05, 3.63) is 22.4 Å². The van der Waals surface area contributed by atoms with Crippen molar-refractivity contribution >= 4 is 17.3 Å². The first-order valence-electron chi connectivity index (χ1n) is 5.42. The van der Waals surface area contributed by atoms with Crippen LogP contribution in [0.15, 0.2) is 17.5 Å². The van der Waals surface area contributed by atoms with E-state index in [2.05, 4.69) is 28.6 Å². The molecule has 0 saturated carbocycles. The lowest BCUT2D eigenvalue weighted by atomic mass is 10.1. The Morgan fingerprint density at radius 3 is 3.19 bits per heavy atom. The first-order chi connectivity index (χ1) is 7.68. The number of piperazine rings is 1. The second-order valence-electron chi connectivity index (χ2n) is 4.03. The molecule has 2 heterocycles. The Kier molecular flexibility index (Phi) is 3.58. The van der Waals surface area contributed by atoms with Crippen LogP contribution in [-0.4, -0.2) is 41.7 Å². The fourth-order valence-corrected chi connectivity index (χ4v) is 2.82. The molecule has 0 aliphatic carbocycles. The second kappa shape index (κ2) is 4.95. The topological polar surface area (TPSA) is 52.6 Å². The van der Waals surface area contributed by atoms with E-state index in [0.29, 0.717) is 12.6 Å². The maximum absolute atomic E-state index is 10.9. The molecule has 0 bridgehead atoms. The molecule has 0 aromatic carbocycles. The third-order valence-corrected chi connectivity index (χ3v) is 4.05. The zero-order chi connectivity index (χ0) is 11.5. The third-order valence-electron chi connectivity index (χ3n) is 3.01. The van der Waals surface area contributed by atoms with Crippen molar-refractivity contribution in [2.24, 2.45) is 0 Å². The Hall–Kier alpha value is -0.910. The van der Waals surface area contributed by atoms with Crippen LogP contribution < -0.4 is 5.32 Å². The lowest BCUT2D eigenvalue weighted by Crippen LogP contribution is -2.54. The molecule has 0 amide bonds. The van der Waals surface area contributed by atoms with Gasteiger partial charge in [-0.25, -0.2) is 0 Å². The van der Waals surface area contributed by atoms with Crippen molar-refractivity contribution in [3.8, 4) is 0 Å². The minimum atomic E-state index is -0.761. The smallest absolute Gasteiger partial charge is 0.322 e. The summed E-state index contributed by atoms with van der Waals surface area (Å²) in [4.78, 5) is 14.4. The molecule has 1 fully saturated rings. The maximum atomic E-state index is 10.9. The lowest BCUT2D eigenvalue weighted by Gasteiger charge is -2.35. The lowest BCUT2D eigenvalue weighted by molar-refractivity contribution is -0.140. The van der Waals surface area contributed by atoms with Crippen LogP contribution in [0.2, 0.25) is 0 Å². The number of hydrogen-bond acceptors (Lipinski definition) is 4. The summed E-state index contributed by atoms with van der Waals surface area (Å²) in [6, 6.07) is 4.01. The van der Waals surface area contributed by atoms with Crippen molar-refractivity contribution < 1.29 is 9.90 Å². The summed E-state index contributed by atoms with van der Waals surface area (Å²) in [5.74, 6) is -0.761. The molecule has 0 radical (unpaired) electrons. The van der Waals surface area contributed by atoms with E-state index in [4.69, 9.17) is 5.11 Å². The number of carboxylic acid groups (broad SMARTS) is 1. The van der Waals surface area contributed by atoms with Crippen LogP contribution in [0.25, 0.3) is 0 Å². The van der Waals surface area contributed by atoms with E-state index < -0.39 is 12.0 Å². The fraction of sp³-hybridized carbons (Fsp3) is 0.545. The molecule has 2 atom stereocenters. The summed E-state index contributed by atoms with van der Waals surface area (Å²) in [7, 11) is 0. The predicted molar refractivity (Wildman–Crippen MR) is 63.7 cm³/mol. The van der Waals surface area contributed by atoms with Crippen molar-refractivity contribution in [2.45, 2.75) is 19.0 Å². The van der Waals surface area contributed by atoms with Crippen molar-refractivity contribution in [3.63, 3.8) is 0 Å². The summed E-state index contributed by atoms with van der Waals surface area (Å²) in [5, 5.41) is 14.1. The highest BCUT2D eigenvalue weighted by Gasteiger charge is 2.28. The Labute approximate surface area is 98.9 Å². The van der Waals surface area contributed by atoms with Crippen LogP contribution in [0.1, 0.15) is 17.8 Å². The maximum Gasteiger partial charge on any atom is 0.322 e. The van der Waals surface area contributed by atoms with Gasteiger partial charge in [-0.05, 0) is 18.4 Å². The number of nitrogens with zero attached hydrogens (tertiary/aromatic N) is 1. The van der Waals surface area contributed by atoms with Gasteiger partial charge in [0.15, 0.2) is 0 Å². The van der Waals surface area contributed by atoms with Gasteiger partial charge in [-0.3, -0.25) is 9.69 Å². The van der Waals surface area contributed by atoms with E-state index >= 15 is 0 Å². The summed E-state index contributed by atoms with van der Waals surface area (Å²) in [6.45, 7) is 4.36. The quantitative estimate of drug-likeness (QED) is 0.832. The van der Waals surface area contributed by atoms with Gasteiger partial charge in [-0.2, -0.15) is 0 Å². The van der Waals surface area contributed by atoms with Crippen LogP contribution in [0, 0.1) is 0 Å². The molecule has 0 unspecified atom stereocenters. The molecule has 1 aromatic rings. The van der Waals surface area contributed by atoms with Gasteiger partial charge in [-0.15, -0.1) is 11.3 Å². The van der Waals surface area contributed by atoms with E-state index in [1.165, 1.54) is 4.88 Å². The Morgan fingerprint density at radius 2 is 2.56 bits per heavy atom. The minimum Gasteiger partial charge on any atom is -0.480 e. The molecule has 88 valence electrons. The van der Waals surface area contributed by atoms with Crippen LogP contribution >= 0.6 is 11.3 Å². The number of aliphatic carboxylic acids is 1. The van der Waals surface area contributed by atoms with Crippen LogP contribution in [0.3, 0.4) is 0 Å². The first-order valence-corrected chi connectivity index (χ1v) is 6.30. The third kappa shape index (κ3) is 2.42. The number of nitrogens with one attached hydrogen (secondary N) is 1. The van der Waals surface area contributed by atoms with E-state index in [0.717, 1.165) is 13.1 Å². The molecule has 1 aromatic heterocycles. The van der Waals surface area contributed by atoms with Gasteiger partial charge in [0, 0.05) is 30.6 Å². The highest BCUT2D eigenvalue weighted by Crippen LogP contribution is 2.25. The molecule has 1 aliphatic heterocycles. The largest absolute Gasteiger partial charge is 0.480 e. The van der Waals surface area contributed by atoms with Crippen LogP contribution in [0.5, 0.6) is 0 Å². The second-order valence-corrected chi connectivity index (χ2v) is 5.01. The highest BCUT2D eigenvalue weighted by atomic mass is 32.1. The van der Waals surface area contributed by atoms with E-state index in [-0.39, 0.29) is 0 Å². The van der Waals surface area contributed by atoms with Gasteiger partial charge in [-0.1, -0.05) is 6.07 Å². The first kappa shape index (κ1) is 11.6. The van der Waals surface area contributed by atoms with Gasteiger partial charge in [0.05, 0.1) is 0 Å². The normalized spacial score (nSPS) is 24.2. The molecule has 16 heavy (non-hydrogen) atoms. The monoisotopic (exact) mass is 240 g/mol. The zero-order valence-corrected chi connectivity index (χ0v) is 10.0. The Bertz CT molecular complexity index is 353. The number of hydrogen-bond donors (Lipinski definition) is 2. The standard InChI is InChI=1S/C11H16N2O2S/c1-8(10-3-2-6-16-10)13-5-4-12-9(7-13)11(14)15/h2-3,6,8-9,12H,4-5,7H2,1H3,(H,14,15)/t8-,9-/m1/s1. The molecule has 4 nitrogen and oxygen atoms in total. The van der Waals surface area contributed by atoms with Crippen LogP contribution in [0.4, 0.5) is 0 Å². The summed E-state index contributed by atoms with van der Waals surface area (Å²) < 4.78 is 0. The summed E-state index contributed by atoms with van der Waals surface area (Å²) >= 11 is 1.72. The molecule has 1 saturated heterocycles. The van der Waals surface area contributed by atoms with Crippen LogP contribution in [-0.2, 0) is 4.79 Å². The van der Waals surface area contributed by atoms with Gasteiger partial charge in [0.2, 0.25) is 0 Å². The molecular formula is C11H16N2O2S. The highest BCUT2D eigenvalue weighted by molar-refractivity contribution is 7.10. The molecule has 1 aliphatic rings. The van der Waals surface area contributed by atoms with E-state index in [1.807, 2.05) is 6.07 Å². The molecular weight excluding hydrogens is 224 g/mol. The van der Waals surface area contributed by atoms with Crippen molar-refractivity contribution in [2.75, 3.05) is 19.6 Å². The average molecular weight is 240 g/mol. The molecule has 0 spiro atoms. The molecule has 2 rings (SSSR count). The van der Waals surface area contributed by atoms with E-state index in [9.17, 15) is 4.79 Å². The molecule has 5 heteroatoms. The Morgan fingerprint density at radius 1 is 1.75 bits per heavy atom. The van der Waals surface area contributed by atoms with Gasteiger partial charge >= 0.3 is 5.97 Å². The zero-order valence-electron chi connectivity index (χ0n) is 9.22. The van der Waals surface area contributed by atoms with Crippen molar-refractivity contribution in [1.29, 1.82) is 0 Å². The van der Waals surface area contributed by atoms with E-state index in [1.54, 1.807) is 11.3 Å². The van der Waals surface area contributed by atoms with Gasteiger partial charge in [0.25, 0.3) is 0 Å². The number of carbonyl (C=O) groups is 1. The van der Waals surface area contributed by atoms with Gasteiger partial charge in [0.1, 0.15) is 6.04 Å².